The normalized spacial score (nSPS) is 11.8. The van der Waals surface area contributed by atoms with E-state index < -0.39 is 0 Å². The van der Waals surface area contributed by atoms with E-state index in [1.54, 1.807) is 23.5 Å². The quantitative estimate of drug-likeness (QED) is 0.696. The van der Waals surface area contributed by atoms with Crippen molar-refractivity contribution in [2.75, 3.05) is 5.32 Å². The summed E-state index contributed by atoms with van der Waals surface area (Å²) in [5.74, 6) is 0.245. The van der Waals surface area contributed by atoms with E-state index in [0.29, 0.717) is 0 Å². The van der Waals surface area contributed by atoms with Gasteiger partial charge in [0.05, 0.1) is 10.2 Å². The molecule has 21 heavy (non-hydrogen) atoms. The van der Waals surface area contributed by atoms with Crippen molar-refractivity contribution in [3.63, 3.8) is 0 Å². The Morgan fingerprint density at radius 1 is 1.10 bits per heavy atom. The summed E-state index contributed by atoms with van der Waals surface area (Å²) in [5, 5.41) is 13.7. The van der Waals surface area contributed by atoms with E-state index in [-0.39, 0.29) is 11.2 Å². The number of nitrogens with zero attached hydrogens (tertiary/aromatic N) is 1. The SMILES string of the molecule is CC(C)(C)c1cccc(Nc2nc3cc(O)ccc3s2)c1. The fraction of sp³-hybridized carbons (Fsp3) is 0.235. The van der Waals surface area contributed by atoms with Crippen LogP contribution in [0, 0.1) is 0 Å². The molecule has 2 N–H and O–H groups in total. The highest BCUT2D eigenvalue weighted by molar-refractivity contribution is 7.22. The van der Waals surface area contributed by atoms with Crippen LogP contribution in [0.15, 0.2) is 42.5 Å². The second kappa shape index (κ2) is 5.04. The van der Waals surface area contributed by atoms with Crippen molar-refractivity contribution in [2.24, 2.45) is 0 Å². The smallest absolute Gasteiger partial charge is 0.188 e. The van der Waals surface area contributed by atoms with Gasteiger partial charge in [-0.3, -0.25) is 0 Å². The van der Waals surface area contributed by atoms with Gasteiger partial charge < -0.3 is 10.4 Å². The first-order chi connectivity index (χ1) is 9.91. The summed E-state index contributed by atoms with van der Waals surface area (Å²) in [6, 6.07) is 13.7. The second-order valence-corrected chi connectivity index (χ2v) is 7.16. The number of phenolic OH excluding ortho intramolecular Hbond substituents is 1. The van der Waals surface area contributed by atoms with Crippen LogP contribution >= 0.6 is 11.3 Å². The Morgan fingerprint density at radius 3 is 2.67 bits per heavy atom. The molecule has 0 saturated carbocycles. The minimum Gasteiger partial charge on any atom is -0.508 e. The van der Waals surface area contributed by atoms with Gasteiger partial charge in [-0.1, -0.05) is 44.2 Å². The molecule has 0 unspecified atom stereocenters. The molecule has 108 valence electrons. The number of rotatable bonds is 2. The molecule has 0 fully saturated rings. The summed E-state index contributed by atoms with van der Waals surface area (Å²) in [6.45, 7) is 6.60. The molecule has 1 aromatic heterocycles. The number of aromatic nitrogens is 1. The lowest BCUT2D eigenvalue weighted by Crippen LogP contribution is -2.10. The lowest BCUT2D eigenvalue weighted by molar-refractivity contribution is 0.476. The zero-order valence-electron chi connectivity index (χ0n) is 12.3. The maximum absolute atomic E-state index is 9.50. The third kappa shape index (κ3) is 3.00. The maximum Gasteiger partial charge on any atom is 0.188 e. The van der Waals surface area contributed by atoms with Crippen molar-refractivity contribution in [3.05, 3.63) is 48.0 Å². The van der Waals surface area contributed by atoms with Gasteiger partial charge in [0.25, 0.3) is 0 Å². The van der Waals surface area contributed by atoms with E-state index in [0.717, 1.165) is 21.0 Å². The van der Waals surface area contributed by atoms with Gasteiger partial charge in [-0.05, 0) is 35.2 Å². The summed E-state index contributed by atoms with van der Waals surface area (Å²) in [6.07, 6.45) is 0. The number of benzene rings is 2. The fourth-order valence-corrected chi connectivity index (χ4v) is 3.02. The predicted octanol–water partition coefficient (Wildman–Crippen LogP) is 5.04. The molecule has 0 saturated heterocycles. The topological polar surface area (TPSA) is 45.2 Å². The third-order valence-electron chi connectivity index (χ3n) is 3.35. The second-order valence-electron chi connectivity index (χ2n) is 6.13. The molecule has 0 bridgehead atoms. The number of hydrogen-bond donors (Lipinski definition) is 2. The monoisotopic (exact) mass is 298 g/mol. The van der Waals surface area contributed by atoms with E-state index in [4.69, 9.17) is 0 Å². The number of phenols is 1. The zero-order valence-corrected chi connectivity index (χ0v) is 13.2. The number of fused-ring (bicyclic) bond motifs is 1. The summed E-state index contributed by atoms with van der Waals surface area (Å²) >= 11 is 1.58. The van der Waals surface area contributed by atoms with Crippen molar-refractivity contribution < 1.29 is 5.11 Å². The molecule has 0 amide bonds. The first kappa shape index (κ1) is 13.9. The largest absolute Gasteiger partial charge is 0.508 e. The highest BCUT2D eigenvalue weighted by Gasteiger charge is 2.14. The van der Waals surface area contributed by atoms with E-state index in [1.165, 1.54) is 5.56 Å². The minimum atomic E-state index is 0.122. The van der Waals surface area contributed by atoms with Crippen LogP contribution in [0.2, 0.25) is 0 Å². The highest BCUT2D eigenvalue weighted by Crippen LogP contribution is 2.31. The van der Waals surface area contributed by atoms with Crippen LogP contribution in [-0.4, -0.2) is 10.1 Å². The third-order valence-corrected chi connectivity index (χ3v) is 4.30. The average Bonchev–Trinajstić information content (AvgIpc) is 2.79. The van der Waals surface area contributed by atoms with Crippen LogP contribution in [0.1, 0.15) is 26.3 Å². The van der Waals surface area contributed by atoms with Gasteiger partial charge in [-0.25, -0.2) is 4.98 Å². The molecule has 1 heterocycles. The maximum atomic E-state index is 9.50. The molecular weight excluding hydrogens is 280 g/mol. The molecule has 0 radical (unpaired) electrons. The van der Waals surface area contributed by atoms with E-state index in [1.807, 2.05) is 12.1 Å². The molecular formula is C17H18N2OS. The van der Waals surface area contributed by atoms with Crippen LogP contribution in [0.25, 0.3) is 10.2 Å². The Balaban J connectivity index is 1.91. The summed E-state index contributed by atoms with van der Waals surface area (Å²) in [7, 11) is 0. The number of hydrogen-bond acceptors (Lipinski definition) is 4. The van der Waals surface area contributed by atoms with Gasteiger partial charge in [-0.15, -0.1) is 0 Å². The van der Waals surface area contributed by atoms with E-state index in [9.17, 15) is 5.11 Å². The van der Waals surface area contributed by atoms with Crippen LogP contribution in [-0.2, 0) is 5.41 Å². The molecule has 2 aromatic carbocycles. The molecule has 3 rings (SSSR count). The van der Waals surface area contributed by atoms with Crippen molar-refractivity contribution in [1.29, 1.82) is 0 Å². The molecule has 0 aliphatic rings. The van der Waals surface area contributed by atoms with Gasteiger partial charge in [0, 0.05) is 11.8 Å². The number of nitrogens with one attached hydrogen (secondary N) is 1. The fourth-order valence-electron chi connectivity index (χ4n) is 2.16. The minimum absolute atomic E-state index is 0.122. The van der Waals surface area contributed by atoms with Gasteiger partial charge >= 0.3 is 0 Å². The molecule has 0 spiro atoms. The standard InChI is InChI=1S/C17H18N2OS/c1-17(2,3)11-5-4-6-12(9-11)18-16-19-14-10-13(20)7-8-15(14)21-16/h4-10,20H,1-3H3,(H,18,19). The molecule has 0 atom stereocenters. The Bertz CT molecular complexity index is 787. The Labute approximate surface area is 128 Å². The van der Waals surface area contributed by atoms with Gasteiger partial charge in [0.2, 0.25) is 0 Å². The van der Waals surface area contributed by atoms with Crippen molar-refractivity contribution in [3.8, 4) is 5.75 Å². The van der Waals surface area contributed by atoms with E-state index >= 15 is 0 Å². The van der Waals surface area contributed by atoms with Gasteiger partial charge in [0.15, 0.2) is 5.13 Å². The summed E-state index contributed by atoms with van der Waals surface area (Å²) in [5.41, 5.74) is 3.25. The Morgan fingerprint density at radius 2 is 1.90 bits per heavy atom. The molecule has 4 heteroatoms. The molecule has 0 aliphatic heterocycles. The lowest BCUT2D eigenvalue weighted by Gasteiger charge is -2.19. The van der Waals surface area contributed by atoms with Crippen LogP contribution < -0.4 is 5.32 Å². The van der Waals surface area contributed by atoms with Gasteiger partial charge in [-0.2, -0.15) is 0 Å². The molecule has 0 aliphatic carbocycles. The molecule has 3 aromatic rings. The van der Waals surface area contributed by atoms with Crippen LogP contribution in [0.4, 0.5) is 10.8 Å². The van der Waals surface area contributed by atoms with Crippen LogP contribution in [0.3, 0.4) is 0 Å². The predicted molar refractivity (Wildman–Crippen MR) is 89.7 cm³/mol. The molecule has 3 nitrogen and oxygen atoms in total. The van der Waals surface area contributed by atoms with Crippen molar-refractivity contribution in [2.45, 2.75) is 26.2 Å². The first-order valence-corrected chi connectivity index (χ1v) is 7.70. The summed E-state index contributed by atoms with van der Waals surface area (Å²) < 4.78 is 1.06. The Hall–Kier alpha value is -2.07. The van der Waals surface area contributed by atoms with E-state index in [2.05, 4.69) is 49.3 Å². The van der Waals surface area contributed by atoms with Crippen molar-refractivity contribution in [1.82, 2.24) is 4.98 Å². The lowest BCUT2D eigenvalue weighted by atomic mass is 9.87. The number of aromatic hydroxyl groups is 1. The number of thiazole rings is 1. The van der Waals surface area contributed by atoms with Crippen LogP contribution in [0.5, 0.6) is 5.75 Å². The zero-order chi connectivity index (χ0) is 15.0. The van der Waals surface area contributed by atoms with Crippen molar-refractivity contribution >= 4 is 32.4 Å². The highest BCUT2D eigenvalue weighted by atomic mass is 32.1. The first-order valence-electron chi connectivity index (χ1n) is 6.89. The Kier molecular flexibility index (Phi) is 3.33. The number of anilines is 2. The average molecular weight is 298 g/mol. The summed E-state index contributed by atoms with van der Waals surface area (Å²) in [4.78, 5) is 4.51. The van der Waals surface area contributed by atoms with Gasteiger partial charge in [0.1, 0.15) is 5.75 Å².